The van der Waals surface area contributed by atoms with Crippen LogP contribution in [0.15, 0.2) is 41.1 Å². The fraction of sp³-hybridized carbons (Fsp3) is 0.400. The van der Waals surface area contributed by atoms with E-state index in [2.05, 4.69) is 71.5 Å². The van der Waals surface area contributed by atoms with Crippen LogP contribution in [0.25, 0.3) is 0 Å². The van der Waals surface area contributed by atoms with E-state index in [4.69, 9.17) is 0 Å². The molecule has 0 bridgehead atoms. The van der Waals surface area contributed by atoms with Gasteiger partial charge in [-0.15, -0.1) is 0 Å². The highest BCUT2D eigenvalue weighted by atomic mass is 79.9. The molecule has 0 spiro atoms. The summed E-state index contributed by atoms with van der Waals surface area (Å²) >= 11 is 3.60. The van der Waals surface area contributed by atoms with Crippen LogP contribution < -0.4 is 5.32 Å². The number of rotatable bonds is 5. The summed E-state index contributed by atoms with van der Waals surface area (Å²) in [5.41, 5.74) is 2.50. The Hall–Kier alpha value is -1.13. The third kappa shape index (κ3) is 3.45. The van der Waals surface area contributed by atoms with Gasteiger partial charge < -0.3 is 5.32 Å². The standard InChI is InChI=1S/C15H20BrN3/c1-4-19-10-13(9-17-19)11(2)18-12(3)14-7-5-6-8-15(14)16/h5-12,18H,4H2,1-3H3/t11?,12-/m0/s1. The minimum absolute atomic E-state index is 0.280. The zero-order valence-corrected chi connectivity index (χ0v) is 13.2. The zero-order chi connectivity index (χ0) is 13.8. The molecule has 1 unspecified atom stereocenters. The lowest BCUT2D eigenvalue weighted by Gasteiger charge is -2.20. The molecule has 1 heterocycles. The van der Waals surface area contributed by atoms with E-state index in [1.165, 1.54) is 11.1 Å². The van der Waals surface area contributed by atoms with Gasteiger partial charge in [-0.25, -0.2) is 0 Å². The van der Waals surface area contributed by atoms with E-state index in [1.807, 2.05) is 16.9 Å². The molecule has 1 aromatic heterocycles. The van der Waals surface area contributed by atoms with E-state index in [0.717, 1.165) is 11.0 Å². The molecule has 4 heteroatoms. The molecule has 102 valence electrons. The first-order chi connectivity index (χ1) is 9.11. The number of benzene rings is 1. The fourth-order valence-electron chi connectivity index (χ4n) is 2.16. The molecule has 0 amide bonds. The second-order valence-electron chi connectivity index (χ2n) is 4.76. The quantitative estimate of drug-likeness (QED) is 0.899. The molecule has 1 aromatic carbocycles. The number of aryl methyl sites for hydroxylation is 1. The largest absolute Gasteiger partial charge is 0.303 e. The number of aromatic nitrogens is 2. The summed E-state index contributed by atoms with van der Waals surface area (Å²) in [7, 11) is 0. The number of hydrogen-bond acceptors (Lipinski definition) is 2. The van der Waals surface area contributed by atoms with Gasteiger partial charge in [0.05, 0.1) is 6.20 Å². The van der Waals surface area contributed by atoms with Crippen LogP contribution in [0, 0.1) is 0 Å². The Balaban J connectivity index is 2.06. The SMILES string of the molecule is CCn1cc(C(C)N[C@@H](C)c2ccccc2Br)cn1. The van der Waals surface area contributed by atoms with Crippen molar-refractivity contribution in [3.63, 3.8) is 0 Å². The van der Waals surface area contributed by atoms with Crippen LogP contribution >= 0.6 is 15.9 Å². The molecule has 2 rings (SSSR count). The topological polar surface area (TPSA) is 29.9 Å². The Morgan fingerprint density at radius 2 is 2.00 bits per heavy atom. The summed E-state index contributed by atoms with van der Waals surface area (Å²) in [4.78, 5) is 0. The molecule has 19 heavy (non-hydrogen) atoms. The lowest BCUT2D eigenvalue weighted by Crippen LogP contribution is -2.22. The van der Waals surface area contributed by atoms with Crippen molar-refractivity contribution in [3.8, 4) is 0 Å². The van der Waals surface area contributed by atoms with Crippen molar-refractivity contribution >= 4 is 15.9 Å². The maximum absolute atomic E-state index is 4.32. The summed E-state index contributed by atoms with van der Waals surface area (Å²) in [6, 6.07) is 8.89. The Morgan fingerprint density at radius 1 is 1.26 bits per heavy atom. The van der Waals surface area contributed by atoms with Crippen molar-refractivity contribution < 1.29 is 0 Å². The molecular weight excluding hydrogens is 302 g/mol. The zero-order valence-electron chi connectivity index (χ0n) is 11.6. The molecule has 2 aromatic rings. The Kier molecular flexibility index (Phi) is 4.77. The van der Waals surface area contributed by atoms with Gasteiger partial charge in [0, 0.05) is 34.9 Å². The third-order valence-corrected chi connectivity index (χ3v) is 4.07. The van der Waals surface area contributed by atoms with E-state index in [9.17, 15) is 0 Å². The van der Waals surface area contributed by atoms with Gasteiger partial charge in [-0.3, -0.25) is 4.68 Å². The van der Waals surface area contributed by atoms with Crippen LogP contribution in [0.1, 0.15) is 44.0 Å². The van der Waals surface area contributed by atoms with E-state index in [0.29, 0.717) is 0 Å². The highest BCUT2D eigenvalue weighted by molar-refractivity contribution is 9.10. The summed E-state index contributed by atoms with van der Waals surface area (Å²) < 4.78 is 3.10. The van der Waals surface area contributed by atoms with Crippen LogP contribution in [-0.4, -0.2) is 9.78 Å². The van der Waals surface area contributed by atoms with E-state index >= 15 is 0 Å². The number of nitrogens with one attached hydrogen (secondary N) is 1. The van der Waals surface area contributed by atoms with Crippen molar-refractivity contribution in [2.45, 2.75) is 39.4 Å². The molecule has 0 aliphatic carbocycles. The maximum atomic E-state index is 4.32. The number of nitrogens with zero attached hydrogens (tertiary/aromatic N) is 2. The van der Waals surface area contributed by atoms with Gasteiger partial charge in [0.1, 0.15) is 0 Å². The van der Waals surface area contributed by atoms with Crippen molar-refractivity contribution in [1.82, 2.24) is 15.1 Å². The molecule has 0 aliphatic heterocycles. The molecule has 3 nitrogen and oxygen atoms in total. The lowest BCUT2D eigenvalue weighted by atomic mass is 10.1. The average molecular weight is 322 g/mol. The second-order valence-corrected chi connectivity index (χ2v) is 5.62. The number of hydrogen-bond donors (Lipinski definition) is 1. The molecule has 2 atom stereocenters. The first-order valence-corrected chi connectivity index (χ1v) is 7.44. The second kappa shape index (κ2) is 6.35. The minimum atomic E-state index is 0.280. The van der Waals surface area contributed by atoms with Gasteiger partial charge >= 0.3 is 0 Å². The Bertz CT molecular complexity index is 536. The van der Waals surface area contributed by atoms with Crippen LogP contribution in [0.3, 0.4) is 0 Å². The summed E-state index contributed by atoms with van der Waals surface area (Å²) in [6.07, 6.45) is 4.04. The lowest BCUT2D eigenvalue weighted by molar-refractivity contribution is 0.493. The van der Waals surface area contributed by atoms with Crippen LogP contribution in [0.4, 0.5) is 0 Å². The monoisotopic (exact) mass is 321 g/mol. The number of halogens is 1. The van der Waals surface area contributed by atoms with Gasteiger partial charge in [-0.2, -0.15) is 5.10 Å². The maximum Gasteiger partial charge on any atom is 0.0537 e. The molecule has 0 radical (unpaired) electrons. The molecule has 0 fully saturated rings. The predicted molar refractivity (Wildman–Crippen MR) is 82.0 cm³/mol. The summed E-state index contributed by atoms with van der Waals surface area (Å²) in [5.74, 6) is 0. The van der Waals surface area contributed by atoms with Crippen molar-refractivity contribution in [3.05, 3.63) is 52.3 Å². The van der Waals surface area contributed by atoms with Crippen molar-refractivity contribution in [1.29, 1.82) is 0 Å². The molecule has 1 N–H and O–H groups in total. The van der Waals surface area contributed by atoms with Gasteiger partial charge in [0.15, 0.2) is 0 Å². The summed E-state index contributed by atoms with van der Waals surface area (Å²) in [5, 5.41) is 7.93. The van der Waals surface area contributed by atoms with Crippen LogP contribution in [0.2, 0.25) is 0 Å². The molecule has 0 saturated heterocycles. The molecule has 0 aliphatic rings. The fourth-order valence-corrected chi connectivity index (χ4v) is 2.79. The van der Waals surface area contributed by atoms with Gasteiger partial charge in [0.2, 0.25) is 0 Å². The van der Waals surface area contributed by atoms with Gasteiger partial charge in [0.25, 0.3) is 0 Å². The first kappa shape index (κ1) is 14.3. The van der Waals surface area contributed by atoms with Crippen molar-refractivity contribution in [2.75, 3.05) is 0 Å². The smallest absolute Gasteiger partial charge is 0.0537 e. The molecule has 0 saturated carbocycles. The Morgan fingerprint density at radius 3 is 2.63 bits per heavy atom. The highest BCUT2D eigenvalue weighted by Crippen LogP contribution is 2.25. The summed E-state index contributed by atoms with van der Waals surface area (Å²) in [6.45, 7) is 7.36. The third-order valence-electron chi connectivity index (χ3n) is 3.35. The van der Waals surface area contributed by atoms with Crippen molar-refractivity contribution in [2.24, 2.45) is 0 Å². The first-order valence-electron chi connectivity index (χ1n) is 6.64. The predicted octanol–water partition coefficient (Wildman–Crippen LogP) is 4.08. The van der Waals surface area contributed by atoms with Crippen LogP contribution in [0.5, 0.6) is 0 Å². The highest BCUT2D eigenvalue weighted by Gasteiger charge is 2.14. The van der Waals surface area contributed by atoms with Crippen LogP contribution in [-0.2, 0) is 6.54 Å². The van der Waals surface area contributed by atoms with Gasteiger partial charge in [-0.1, -0.05) is 34.1 Å². The van der Waals surface area contributed by atoms with E-state index in [-0.39, 0.29) is 12.1 Å². The van der Waals surface area contributed by atoms with E-state index in [1.54, 1.807) is 0 Å². The average Bonchev–Trinajstić information content (AvgIpc) is 2.88. The molecular formula is C15H20BrN3. The normalized spacial score (nSPS) is 14.3. The van der Waals surface area contributed by atoms with E-state index < -0.39 is 0 Å². The Labute approximate surface area is 123 Å². The minimum Gasteiger partial charge on any atom is -0.303 e. The van der Waals surface area contributed by atoms with Gasteiger partial charge in [-0.05, 0) is 32.4 Å².